The van der Waals surface area contributed by atoms with Crippen LogP contribution in [0.1, 0.15) is 284 Å². The van der Waals surface area contributed by atoms with Crippen molar-refractivity contribution in [1.82, 2.24) is 0 Å². The molecule has 0 aromatic carbocycles. The third-order valence-electron chi connectivity index (χ3n) is 13.0. The van der Waals surface area contributed by atoms with E-state index in [4.69, 9.17) is 18.5 Å². The normalized spacial score (nSPS) is 13.6. The minimum atomic E-state index is -4.28. The van der Waals surface area contributed by atoms with Crippen molar-refractivity contribution in [2.24, 2.45) is 0 Å². The van der Waals surface area contributed by atoms with E-state index < -0.39 is 13.9 Å². The molecule has 9 heteroatoms. The van der Waals surface area contributed by atoms with Crippen molar-refractivity contribution in [2.75, 3.05) is 54.1 Å². The van der Waals surface area contributed by atoms with Crippen molar-refractivity contribution in [2.45, 2.75) is 290 Å². The van der Waals surface area contributed by atoms with E-state index in [0.29, 0.717) is 24.1 Å². The third kappa shape index (κ3) is 55.8. The zero-order valence-corrected chi connectivity index (χ0v) is 46.3. The van der Waals surface area contributed by atoms with Gasteiger partial charge in [0.2, 0.25) is 0 Å². The van der Waals surface area contributed by atoms with E-state index >= 15 is 0 Å². The standard InChI is InChI=1S/C58H114NO7P/c1-6-8-10-12-14-16-18-20-22-24-26-28-29-30-32-34-36-38-40-42-44-46-48-50-53-63-55-57(56-65-67(61,62)64-54-52-59(3,4)5)66-58(60)51-49-47-45-43-41-39-37-35-33-31-27-25-23-21-19-17-15-13-11-9-7-2/h19,21,25,27,57H,6-18,20,22-24,26,28-56H2,1-5H3/p+1/b21-19-,27-25-. The van der Waals surface area contributed by atoms with Crippen LogP contribution in [0, 0.1) is 0 Å². The van der Waals surface area contributed by atoms with Crippen LogP contribution in [-0.4, -0.2) is 75.6 Å². The molecule has 398 valence electrons. The second kappa shape index (κ2) is 51.3. The summed E-state index contributed by atoms with van der Waals surface area (Å²) in [5, 5.41) is 0. The van der Waals surface area contributed by atoms with E-state index in [2.05, 4.69) is 38.2 Å². The van der Waals surface area contributed by atoms with Gasteiger partial charge >= 0.3 is 13.8 Å². The van der Waals surface area contributed by atoms with Crippen LogP contribution in [0.25, 0.3) is 0 Å². The van der Waals surface area contributed by atoms with Gasteiger partial charge < -0.3 is 18.9 Å². The Bertz CT molecular complexity index is 1120. The van der Waals surface area contributed by atoms with Crippen LogP contribution in [0.2, 0.25) is 0 Å². The maximum atomic E-state index is 12.8. The first kappa shape index (κ1) is 66.0. The molecule has 0 radical (unpaired) electrons. The molecule has 0 heterocycles. The number of rotatable bonds is 55. The Hall–Kier alpha value is -1.02. The average Bonchev–Trinajstić information content (AvgIpc) is 3.29. The van der Waals surface area contributed by atoms with Gasteiger partial charge in [-0.1, -0.05) is 256 Å². The minimum Gasteiger partial charge on any atom is -0.457 e. The minimum absolute atomic E-state index is 0.0903. The lowest BCUT2D eigenvalue weighted by atomic mass is 10.0. The van der Waals surface area contributed by atoms with Gasteiger partial charge in [-0.2, -0.15) is 0 Å². The van der Waals surface area contributed by atoms with Crippen LogP contribution >= 0.6 is 7.82 Å². The highest BCUT2D eigenvalue weighted by molar-refractivity contribution is 7.47. The number of nitrogens with zero attached hydrogens (tertiary/aromatic N) is 1. The predicted octanol–water partition coefficient (Wildman–Crippen LogP) is 18.3. The number of hydrogen-bond acceptors (Lipinski definition) is 6. The maximum absolute atomic E-state index is 12.8. The van der Waals surface area contributed by atoms with Crippen LogP contribution in [0.3, 0.4) is 0 Å². The lowest BCUT2D eigenvalue weighted by Crippen LogP contribution is -2.37. The van der Waals surface area contributed by atoms with Gasteiger partial charge in [-0.05, 0) is 44.9 Å². The number of likely N-dealkylation sites (N-methyl/N-ethyl adjacent to an activating group) is 1. The molecule has 8 nitrogen and oxygen atoms in total. The molecule has 1 N–H and O–H groups in total. The lowest BCUT2D eigenvalue weighted by molar-refractivity contribution is -0.870. The molecular formula is C58H115NO7P+. The van der Waals surface area contributed by atoms with Crippen molar-refractivity contribution in [3.63, 3.8) is 0 Å². The van der Waals surface area contributed by atoms with Gasteiger partial charge in [0.05, 0.1) is 34.4 Å². The number of ether oxygens (including phenoxy) is 2. The molecule has 0 saturated carbocycles. The van der Waals surface area contributed by atoms with Crippen molar-refractivity contribution < 1.29 is 37.3 Å². The van der Waals surface area contributed by atoms with E-state index in [9.17, 15) is 14.3 Å². The van der Waals surface area contributed by atoms with Crippen LogP contribution in [0.4, 0.5) is 0 Å². The molecule has 0 aromatic rings. The SMILES string of the molecule is CCCCCCC/C=C\C/C=C\CCCCCCCCCCCC(=O)OC(COCCCCCCCCCCCCCCCCCCCCCCCCCC)COP(=O)(O)OCC[N+](C)(C)C. The van der Waals surface area contributed by atoms with Gasteiger partial charge in [-0.25, -0.2) is 4.57 Å². The number of quaternary nitrogens is 1. The Morgan fingerprint density at radius 3 is 1.21 bits per heavy atom. The molecule has 0 bridgehead atoms. The maximum Gasteiger partial charge on any atom is 0.472 e. The number of carbonyl (C=O) groups excluding carboxylic acids is 1. The van der Waals surface area contributed by atoms with E-state index in [-0.39, 0.29) is 25.8 Å². The summed E-state index contributed by atoms with van der Waals surface area (Å²) in [5.41, 5.74) is 0. The molecule has 0 rings (SSSR count). The molecule has 0 aliphatic carbocycles. The third-order valence-corrected chi connectivity index (χ3v) is 14.0. The summed E-state index contributed by atoms with van der Waals surface area (Å²) in [5.74, 6) is -0.311. The summed E-state index contributed by atoms with van der Waals surface area (Å²) >= 11 is 0. The largest absolute Gasteiger partial charge is 0.472 e. The van der Waals surface area contributed by atoms with Crippen molar-refractivity contribution >= 4 is 13.8 Å². The Balaban J connectivity index is 4.04. The molecule has 2 atom stereocenters. The molecule has 0 amide bonds. The van der Waals surface area contributed by atoms with Gasteiger partial charge in [0.1, 0.15) is 19.3 Å². The van der Waals surface area contributed by atoms with Crippen LogP contribution in [0.15, 0.2) is 24.3 Å². The molecule has 0 spiro atoms. The second-order valence-electron chi connectivity index (χ2n) is 21.0. The fraction of sp³-hybridized carbons (Fsp3) is 0.914. The zero-order valence-electron chi connectivity index (χ0n) is 45.4. The number of carbonyl (C=O) groups is 1. The van der Waals surface area contributed by atoms with Gasteiger partial charge in [0, 0.05) is 13.0 Å². The highest BCUT2D eigenvalue weighted by Crippen LogP contribution is 2.43. The van der Waals surface area contributed by atoms with Crippen LogP contribution in [-0.2, 0) is 27.9 Å². The van der Waals surface area contributed by atoms with Gasteiger partial charge in [-0.3, -0.25) is 13.8 Å². The molecule has 0 fully saturated rings. The Morgan fingerprint density at radius 2 is 0.821 bits per heavy atom. The smallest absolute Gasteiger partial charge is 0.457 e. The Kier molecular flexibility index (Phi) is 50.6. The molecule has 0 aliphatic heterocycles. The first-order chi connectivity index (χ1) is 32.6. The zero-order chi connectivity index (χ0) is 49.0. The number of hydrogen-bond donors (Lipinski definition) is 1. The molecule has 67 heavy (non-hydrogen) atoms. The summed E-state index contributed by atoms with van der Waals surface area (Å²) in [7, 11) is 1.68. The molecule has 2 unspecified atom stereocenters. The topological polar surface area (TPSA) is 91.3 Å². The van der Waals surface area contributed by atoms with Crippen molar-refractivity contribution in [3.8, 4) is 0 Å². The average molecular weight is 970 g/mol. The van der Waals surface area contributed by atoms with Crippen LogP contribution in [0.5, 0.6) is 0 Å². The quantitative estimate of drug-likeness (QED) is 0.0213. The fourth-order valence-corrected chi connectivity index (χ4v) is 9.27. The van der Waals surface area contributed by atoms with Gasteiger partial charge in [0.15, 0.2) is 0 Å². The number of phosphoric ester groups is 1. The molecule has 0 aliphatic rings. The molecule has 0 aromatic heterocycles. The monoisotopic (exact) mass is 969 g/mol. The van der Waals surface area contributed by atoms with E-state index in [1.807, 2.05) is 21.1 Å². The number of esters is 1. The summed E-state index contributed by atoms with van der Waals surface area (Å²) in [6, 6.07) is 0. The summed E-state index contributed by atoms with van der Waals surface area (Å²) in [6.45, 7) is 5.68. The van der Waals surface area contributed by atoms with Crippen molar-refractivity contribution in [3.05, 3.63) is 24.3 Å². The highest BCUT2D eigenvalue weighted by Gasteiger charge is 2.26. The predicted molar refractivity (Wildman–Crippen MR) is 289 cm³/mol. The highest BCUT2D eigenvalue weighted by atomic mass is 31.2. The number of allylic oxidation sites excluding steroid dienone is 4. The summed E-state index contributed by atoms with van der Waals surface area (Å²) < 4.78 is 35.3. The fourth-order valence-electron chi connectivity index (χ4n) is 8.53. The second-order valence-corrected chi connectivity index (χ2v) is 22.5. The first-order valence-corrected chi connectivity index (χ1v) is 30.6. The van der Waals surface area contributed by atoms with Gasteiger partial charge in [-0.15, -0.1) is 0 Å². The Morgan fingerprint density at radius 1 is 0.463 bits per heavy atom. The lowest BCUT2D eigenvalue weighted by Gasteiger charge is -2.24. The Labute approximate surface area is 417 Å². The van der Waals surface area contributed by atoms with Crippen molar-refractivity contribution in [1.29, 1.82) is 0 Å². The first-order valence-electron chi connectivity index (χ1n) is 29.1. The van der Waals surface area contributed by atoms with E-state index in [0.717, 1.165) is 38.5 Å². The van der Waals surface area contributed by atoms with E-state index in [1.54, 1.807) is 0 Å². The summed E-state index contributed by atoms with van der Waals surface area (Å²) in [4.78, 5) is 23.1. The number of phosphoric acid groups is 1. The number of unbranched alkanes of at least 4 members (excludes halogenated alkanes) is 37. The summed E-state index contributed by atoms with van der Waals surface area (Å²) in [6.07, 6.45) is 62.4. The van der Waals surface area contributed by atoms with Gasteiger partial charge in [0.25, 0.3) is 0 Å². The molecular weight excluding hydrogens is 854 g/mol. The van der Waals surface area contributed by atoms with Crippen LogP contribution < -0.4 is 0 Å². The van der Waals surface area contributed by atoms with E-state index in [1.165, 1.54) is 225 Å². The molecule has 0 saturated heterocycles.